The van der Waals surface area contributed by atoms with Crippen LogP contribution >= 0.6 is 11.6 Å². The van der Waals surface area contributed by atoms with E-state index in [0.717, 1.165) is 11.1 Å². The Hall–Kier alpha value is -1.99. The van der Waals surface area contributed by atoms with Gasteiger partial charge in [0.15, 0.2) is 0 Å². The monoisotopic (exact) mass is 256 g/mol. The molecule has 0 unspecified atom stereocenters. The molecule has 0 aliphatic carbocycles. The Bertz CT molecular complexity index is 553. The van der Waals surface area contributed by atoms with Crippen LogP contribution in [0.4, 0.5) is 0 Å². The molecule has 2 aromatic rings. The fourth-order valence-electron chi connectivity index (χ4n) is 1.52. The summed E-state index contributed by atoms with van der Waals surface area (Å²) in [5, 5.41) is 10.5. The van der Waals surface area contributed by atoms with E-state index in [-0.39, 0.29) is 5.76 Å². The molecule has 2 aromatic carbocycles. The maximum Gasteiger partial charge on any atom is 0.116 e. The van der Waals surface area contributed by atoms with Gasteiger partial charge in [-0.3, -0.25) is 0 Å². The molecule has 0 saturated carbocycles. The van der Waals surface area contributed by atoms with Gasteiger partial charge >= 0.3 is 0 Å². The van der Waals surface area contributed by atoms with Crippen LogP contribution in [-0.4, -0.2) is 5.11 Å². The molecule has 1 nitrogen and oxygen atoms in total. The van der Waals surface area contributed by atoms with E-state index < -0.39 is 0 Å². The van der Waals surface area contributed by atoms with E-state index in [1.54, 1.807) is 12.2 Å². The lowest BCUT2D eigenvalue weighted by molar-refractivity contribution is 0.438. The Balaban J connectivity index is 2.09. The molecule has 0 aliphatic rings. The van der Waals surface area contributed by atoms with Crippen molar-refractivity contribution in [1.82, 2.24) is 0 Å². The third kappa shape index (κ3) is 3.79. The van der Waals surface area contributed by atoms with Gasteiger partial charge in [-0.25, -0.2) is 0 Å². The first kappa shape index (κ1) is 12.5. The summed E-state index contributed by atoms with van der Waals surface area (Å²) >= 11 is 5.80. The van der Waals surface area contributed by atoms with Crippen LogP contribution in [0.2, 0.25) is 5.02 Å². The lowest BCUT2D eigenvalue weighted by Crippen LogP contribution is -1.77. The van der Waals surface area contributed by atoms with Gasteiger partial charge in [0.25, 0.3) is 0 Å². The second kappa shape index (κ2) is 6.08. The molecule has 0 radical (unpaired) electrons. The van der Waals surface area contributed by atoms with Crippen LogP contribution in [0.15, 0.2) is 66.4 Å². The Morgan fingerprint density at radius 2 is 1.56 bits per heavy atom. The second-order valence-electron chi connectivity index (χ2n) is 3.86. The van der Waals surface area contributed by atoms with Crippen LogP contribution in [0.25, 0.3) is 12.2 Å². The number of aliphatic hydroxyl groups excluding tert-OH is 1. The van der Waals surface area contributed by atoms with Crippen LogP contribution in [-0.2, 0) is 0 Å². The fraction of sp³-hybridized carbons (Fsp3) is 0. The molecule has 0 aromatic heterocycles. The Morgan fingerprint density at radius 1 is 0.889 bits per heavy atom. The van der Waals surface area contributed by atoms with Crippen LogP contribution < -0.4 is 0 Å². The zero-order valence-corrected chi connectivity index (χ0v) is 10.5. The molecule has 0 atom stereocenters. The van der Waals surface area contributed by atoms with E-state index in [4.69, 9.17) is 11.6 Å². The zero-order chi connectivity index (χ0) is 12.8. The summed E-state index contributed by atoms with van der Waals surface area (Å²) in [7, 11) is 0. The predicted molar refractivity (Wildman–Crippen MR) is 77.5 cm³/mol. The normalized spacial score (nSPS) is 11.9. The van der Waals surface area contributed by atoms with Gasteiger partial charge in [-0.2, -0.15) is 0 Å². The first-order valence-corrected chi connectivity index (χ1v) is 6.01. The summed E-state index contributed by atoms with van der Waals surface area (Å²) in [6, 6.07) is 17.1. The van der Waals surface area contributed by atoms with E-state index in [1.165, 1.54) is 0 Å². The molecule has 0 saturated heterocycles. The van der Waals surface area contributed by atoms with Gasteiger partial charge in [0.2, 0.25) is 0 Å². The highest BCUT2D eigenvalue weighted by Crippen LogP contribution is 2.12. The van der Waals surface area contributed by atoms with Crippen LogP contribution in [0.5, 0.6) is 0 Å². The van der Waals surface area contributed by atoms with Gasteiger partial charge in [-0.1, -0.05) is 60.1 Å². The minimum absolute atomic E-state index is 0.219. The van der Waals surface area contributed by atoms with Crippen molar-refractivity contribution in [3.05, 3.63) is 82.6 Å². The minimum Gasteiger partial charge on any atom is -0.508 e. The van der Waals surface area contributed by atoms with E-state index in [1.807, 2.05) is 60.7 Å². The average Bonchev–Trinajstić information content (AvgIpc) is 2.39. The van der Waals surface area contributed by atoms with Gasteiger partial charge < -0.3 is 5.11 Å². The molecule has 90 valence electrons. The first-order chi connectivity index (χ1) is 8.74. The first-order valence-electron chi connectivity index (χ1n) is 5.63. The molecule has 1 N–H and O–H groups in total. The van der Waals surface area contributed by atoms with Gasteiger partial charge in [0.1, 0.15) is 5.76 Å². The molecule has 2 rings (SSSR count). The number of halogens is 1. The Morgan fingerprint density at radius 3 is 2.22 bits per heavy atom. The largest absolute Gasteiger partial charge is 0.508 e. The quantitative estimate of drug-likeness (QED) is 0.608. The zero-order valence-electron chi connectivity index (χ0n) is 9.75. The predicted octanol–water partition coefficient (Wildman–Crippen LogP) is 4.95. The molecule has 0 aliphatic heterocycles. The van der Waals surface area contributed by atoms with E-state index in [9.17, 15) is 5.11 Å². The Labute approximate surface area is 112 Å². The van der Waals surface area contributed by atoms with Crippen molar-refractivity contribution in [2.45, 2.75) is 0 Å². The summed E-state index contributed by atoms with van der Waals surface area (Å²) in [5.74, 6) is 0.219. The molecule has 0 heterocycles. The molecule has 0 spiro atoms. The van der Waals surface area contributed by atoms with Crippen molar-refractivity contribution < 1.29 is 5.11 Å². The lowest BCUT2D eigenvalue weighted by atomic mass is 10.1. The molecule has 0 amide bonds. The maximum absolute atomic E-state index is 9.77. The number of allylic oxidation sites excluding steroid dienone is 1. The van der Waals surface area contributed by atoms with E-state index >= 15 is 0 Å². The number of rotatable bonds is 3. The summed E-state index contributed by atoms with van der Waals surface area (Å²) in [4.78, 5) is 0. The van der Waals surface area contributed by atoms with Gasteiger partial charge in [-0.15, -0.1) is 0 Å². The number of benzene rings is 2. The summed E-state index contributed by atoms with van der Waals surface area (Å²) in [5.41, 5.74) is 1.96. The fourth-order valence-corrected chi connectivity index (χ4v) is 1.65. The SMILES string of the molecule is OC(C=Cc1ccc(Cl)cc1)=Cc1ccccc1. The summed E-state index contributed by atoms with van der Waals surface area (Å²) in [6.07, 6.45) is 5.22. The molecular formula is C16H13ClO. The topological polar surface area (TPSA) is 20.2 Å². The maximum atomic E-state index is 9.77. The third-order valence-electron chi connectivity index (χ3n) is 2.43. The number of hydrogen-bond donors (Lipinski definition) is 1. The third-order valence-corrected chi connectivity index (χ3v) is 2.68. The number of hydrogen-bond acceptors (Lipinski definition) is 1. The van der Waals surface area contributed by atoms with Crippen LogP contribution in [0, 0.1) is 0 Å². The van der Waals surface area contributed by atoms with Gasteiger partial charge in [0, 0.05) is 5.02 Å². The average molecular weight is 257 g/mol. The molecular weight excluding hydrogens is 244 g/mol. The molecule has 0 fully saturated rings. The highest BCUT2D eigenvalue weighted by molar-refractivity contribution is 6.30. The highest BCUT2D eigenvalue weighted by Gasteiger charge is 1.91. The van der Waals surface area contributed by atoms with Crippen molar-refractivity contribution >= 4 is 23.8 Å². The molecule has 2 heteroatoms. The lowest BCUT2D eigenvalue weighted by Gasteiger charge is -1.95. The van der Waals surface area contributed by atoms with E-state index in [2.05, 4.69) is 0 Å². The summed E-state index contributed by atoms with van der Waals surface area (Å²) < 4.78 is 0. The highest BCUT2D eigenvalue weighted by atomic mass is 35.5. The van der Waals surface area contributed by atoms with Crippen molar-refractivity contribution in [2.24, 2.45) is 0 Å². The van der Waals surface area contributed by atoms with Crippen molar-refractivity contribution in [3.8, 4) is 0 Å². The van der Waals surface area contributed by atoms with Crippen LogP contribution in [0.3, 0.4) is 0 Å². The Kier molecular flexibility index (Phi) is 4.21. The minimum atomic E-state index is 0.219. The smallest absolute Gasteiger partial charge is 0.116 e. The number of aliphatic hydroxyl groups is 1. The van der Waals surface area contributed by atoms with Crippen LogP contribution in [0.1, 0.15) is 11.1 Å². The van der Waals surface area contributed by atoms with Crippen molar-refractivity contribution in [2.75, 3.05) is 0 Å². The van der Waals surface area contributed by atoms with E-state index in [0.29, 0.717) is 5.02 Å². The summed E-state index contributed by atoms with van der Waals surface area (Å²) in [6.45, 7) is 0. The molecule has 18 heavy (non-hydrogen) atoms. The second-order valence-corrected chi connectivity index (χ2v) is 4.30. The standard InChI is InChI=1S/C16H13ClO/c17-15-9-6-13(7-10-15)8-11-16(18)12-14-4-2-1-3-5-14/h1-12,18H. The van der Waals surface area contributed by atoms with Gasteiger partial charge in [0.05, 0.1) is 0 Å². The van der Waals surface area contributed by atoms with Gasteiger partial charge in [-0.05, 0) is 35.4 Å². The van der Waals surface area contributed by atoms with Crippen molar-refractivity contribution in [3.63, 3.8) is 0 Å². The van der Waals surface area contributed by atoms with Crippen molar-refractivity contribution in [1.29, 1.82) is 0 Å². The molecule has 0 bridgehead atoms.